The first-order valence-electron chi connectivity index (χ1n) is 8.91. The Hall–Kier alpha value is -3.60. The lowest BCUT2D eigenvalue weighted by molar-refractivity contribution is 0.0954. The van der Waals surface area contributed by atoms with E-state index >= 15 is 0 Å². The highest BCUT2D eigenvalue weighted by atomic mass is 16.1. The molecule has 0 bridgehead atoms. The first-order valence-corrected chi connectivity index (χ1v) is 8.91. The van der Waals surface area contributed by atoms with Crippen molar-refractivity contribution in [1.82, 2.24) is 15.3 Å². The van der Waals surface area contributed by atoms with Gasteiger partial charge < -0.3 is 15.6 Å². The molecule has 2 heterocycles. The zero-order valence-corrected chi connectivity index (χ0v) is 14.8. The minimum Gasteiger partial charge on any atom is -0.361 e. The Kier molecular flexibility index (Phi) is 4.83. The summed E-state index contributed by atoms with van der Waals surface area (Å²) in [6.45, 7) is 0.574. The number of nitrogens with one attached hydrogen (secondary N) is 3. The molecule has 0 saturated carbocycles. The van der Waals surface area contributed by atoms with Crippen LogP contribution in [0.3, 0.4) is 0 Å². The van der Waals surface area contributed by atoms with Gasteiger partial charge in [-0.25, -0.2) is 4.98 Å². The number of fused-ring (bicyclic) bond motifs is 1. The van der Waals surface area contributed by atoms with Crippen molar-refractivity contribution in [2.45, 2.75) is 6.42 Å². The van der Waals surface area contributed by atoms with Crippen LogP contribution in [-0.4, -0.2) is 22.4 Å². The van der Waals surface area contributed by atoms with Gasteiger partial charge in [0.1, 0.15) is 5.82 Å². The topological polar surface area (TPSA) is 69.8 Å². The van der Waals surface area contributed by atoms with Gasteiger partial charge in [-0.05, 0) is 42.3 Å². The Morgan fingerprint density at radius 3 is 2.70 bits per heavy atom. The minimum absolute atomic E-state index is 0.103. The van der Waals surface area contributed by atoms with E-state index in [2.05, 4.69) is 32.7 Å². The number of rotatable bonds is 6. The molecule has 0 saturated heterocycles. The molecule has 0 unspecified atom stereocenters. The summed E-state index contributed by atoms with van der Waals surface area (Å²) >= 11 is 0. The third kappa shape index (κ3) is 3.98. The summed E-state index contributed by atoms with van der Waals surface area (Å²) in [5, 5.41) is 7.39. The van der Waals surface area contributed by atoms with Gasteiger partial charge in [0.25, 0.3) is 5.91 Å². The van der Waals surface area contributed by atoms with E-state index in [1.54, 1.807) is 18.3 Å². The number of aromatic amines is 1. The number of hydrogen-bond donors (Lipinski definition) is 3. The van der Waals surface area contributed by atoms with Crippen molar-refractivity contribution in [3.8, 4) is 0 Å². The maximum Gasteiger partial charge on any atom is 0.251 e. The van der Waals surface area contributed by atoms with Gasteiger partial charge >= 0.3 is 0 Å². The summed E-state index contributed by atoms with van der Waals surface area (Å²) in [5.41, 5.74) is 3.83. The van der Waals surface area contributed by atoms with E-state index in [-0.39, 0.29) is 5.91 Å². The van der Waals surface area contributed by atoms with Gasteiger partial charge in [0.05, 0.1) is 0 Å². The van der Waals surface area contributed by atoms with Crippen LogP contribution >= 0.6 is 0 Å². The van der Waals surface area contributed by atoms with Crippen LogP contribution < -0.4 is 10.6 Å². The van der Waals surface area contributed by atoms with E-state index in [9.17, 15) is 4.79 Å². The van der Waals surface area contributed by atoms with Crippen molar-refractivity contribution in [2.75, 3.05) is 11.9 Å². The smallest absolute Gasteiger partial charge is 0.251 e. The second-order valence-electron chi connectivity index (χ2n) is 6.29. The lowest BCUT2D eigenvalue weighted by Gasteiger charge is -2.08. The van der Waals surface area contributed by atoms with Gasteiger partial charge in [-0.2, -0.15) is 0 Å². The Morgan fingerprint density at radius 1 is 1.00 bits per heavy atom. The van der Waals surface area contributed by atoms with Crippen molar-refractivity contribution < 1.29 is 4.79 Å². The van der Waals surface area contributed by atoms with Crippen molar-refractivity contribution in [3.05, 3.63) is 90.3 Å². The van der Waals surface area contributed by atoms with Crippen LogP contribution in [-0.2, 0) is 6.42 Å². The molecular formula is C22H20N4O. The van der Waals surface area contributed by atoms with Gasteiger partial charge in [-0.3, -0.25) is 4.79 Å². The largest absolute Gasteiger partial charge is 0.361 e. The molecule has 2 aromatic carbocycles. The van der Waals surface area contributed by atoms with E-state index in [1.165, 1.54) is 10.9 Å². The number of benzene rings is 2. The summed E-state index contributed by atoms with van der Waals surface area (Å²) in [7, 11) is 0. The number of para-hydroxylation sites is 2. The van der Waals surface area contributed by atoms with Gasteiger partial charge in [-0.15, -0.1) is 0 Å². The first kappa shape index (κ1) is 16.8. The van der Waals surface area contributed by atoms with Gasteiger partial charge in [0.2, 0.25) is 0 Å². The van der Waals surface area contributed by atoms with Crippen LogP contribution in [0.5, 0.6) is 0 Å². The molecule has 4 rings (SSSR count). The summed E-state index contributed by atoms with van der Waals surface area (Å²) in [5.74, 6) is 0.541. The maximum atomic E-state index is 12.5. The van der Waals surface area contributed by atoms with Gasteiger partial charge in [0.15, 0.2) is 0 Å². The second-order valence-corrected chi connectivity index (χ2v) is 6.29. The average Bonchev–Trinajstić information content (AvgIpc) is 3.12. The van der Waals surface area contributed by atoms with Crippen LogP contribution in [0.2, 0.25) is 0 Å². The van der Waals surface area contributed by atoms with E-state index in [4.69, 9.17) is 0 Å². The third-order valence-corrected chi connectivity index (χ3v) is 4.42. The fourth-order valence-corrected chi connectivity index (χ4v) is 3.06. The molecule has 134 valence electrons. The number of H-pyrrole nitrogens is 1. The average molecular weight is 356 g/mol. The monoisotopic (exact) mass is 356 g/mol. The maximum absolute atomic E-state index is 12.5. The molecule has 27 heavy (non-hydrogen) atoms. The fourth-order valence-electron chi connectivity index (χ4n) is 3.06. The van der Waals surface area contributed by atoms with E-state index in [0.717, 1.165) is 17.6 Å². The van der Waals surface area contributed by atoms with Crippen molar-refractivity contribution in [2.24, 2.45) is 0 Å². The quantitative estimate of drug-likeness (QED) is 0.483. The van der Waals surface area contributed by atoms with Crippen molar-refractivity contribution >= 4 is 28.3 Å². The van der Waals surface area contributed by atoms with Crippen molar-refractivity contribution in [3.63, 3.8) is 0 Å². The zero-order valence-electron chi connectivity index (χ0n) is 14.8. The van der Waals surface area contributed by atoms with E-state index < -0.39 is 0 Å². The Labute approximate surface area is 157 Å². The molecule has 0 fully saturated rings. The summed E-state index contributed by atoms with van der Waals surface area (Å²) in [4.78, 5) is 20.0. The molecule has 4 aromatic rings. The predicted octanol–water partition coefficient (Wildman–Crippen LogP) is 4.28. The molecule has 3 N–H and O–H groups in total. The molecule has 0 aliphatic heterocycles. The Bertz CT molecular complexity index is 1060. The molecular weight excluding hydrogens is 336 g/mol. The number of anilines is 2. The molecule has 5 heteroatoms. The lowest BCUT2D eigenvalue weighted by Crippen LogP contribution is -2.25. The predicted molar refractivity (Wildman–Crippen MR) is 108 cm³/mol. The van der Waals surface area contributed by atoms with Crippen LogP contribution in [0.15, 0.2) is 79.1 Å². The summed E-state index contributed by atoms with van der Waals surface area (Å²) < 4.78 is 0. The Balaban J connectivity index is 1.37. The number of aromatic nitrogens is 2. The summed E-state index contributed by atoms with van der Waals surface area (Å²) in [6.07, 6.45) is 4.42. The molecule has 1 amide bonds. The molecule has 0 aliphatic rings. The third-order valence-electron chi connectivity index (χ3n) is 4.42. The standard InChI is InChI=1S/C22H20N4O/c27-22(24-13-11-17-15-25-20-9-5-4-8-19(17)20)16-10-12-23-21(14-16)26-18-6-2-1-3-7-18/h1-10,12,14-15,25H,11,13H2,(H,23,26)(H,24,27). The fraction of sp³-hybridized carbons (Fsp3) is 0.0909. The van der Waals surface area contributed by atoms with Crippen molar-refractivity contribution in [1.29, 1.82) is 0 Å². The van der Waals surface area contributed by atoms with Crippen LogP contribution in [0.25, 0.3) is 10.9 Å². The molecule has 0 aliphatic carbocycles. The highest BCUT2D eigenvalue weighted by Crippen LogP contribution is 2.18. The normalized spacial score (nSPS) is 10.7. The number of amides is 1. The number of pyridine rings is 1. The highest BCUT2D eigenvalue weighted by molar-refractivity contribution is 5.95. The van der Waals surface area contributed by atoms with Crippen LogP contribution in [0.1, 0.15) is 15.9 Å². The second kappa shape index (κ2) is 7.74. The molecule has 5 nitrogen and oxygen atoms in total. The van der Waals surface area contributed by atoms with Gasteiger partial charge in [-0.1, -0.05) is 36.4 Å². The number of nitrogens with zero attached hydrogens (tertiary/aromatic N) is 1. The Morgan fingerprint density at radius 2 is 1.81 bits per heavy atom. The number of hydrogen-bond acceptors (Lipinski definition) is 3. The van der Waals surface area contributed by atoms with E-state index in [1.807, 2.05) is 48.7 Å². The molecule has 0 atom stereocenters. The highest BCUT2D eigenvalue weighted by Gasteiger charge is 2.08. The van der Waals surface area contributed by atoms with Crippen LogP contribution in [0, 0.1) is 0 Å². The number of carbonyl (C=O) groups is 1. The zero-order chi connectivity index (χ0) is 18.5. The number of carbonyl (C=O) groups excluding carboxylic acids is 1. The SMILES string of the molecule is O=C(NCCc1c[nH]c2ccccc12)c1ccnc(Nc2ccccc2)c1. The molecule has 0 radical (unpaired) electrons. The van der Waals surface area contributed by atoms with E-state index in [0.29, 0.717) is 17.9 Å². The lowest BCUT2D eigenvalue weighted by atomic mass is 10.1. The summed E-state index contributed by atoms with van der Waals surface area (Å²) in [6, 6.07) is 21.4. The minimum atomic E-state index is -0.103. The van der Waals surface area contributed by atoms with Gasteiger partial charge in [0, 0.05) is 41.1 Å². The molecule has 0 spiro atoms. The van der Waals surface area contributed by atoms with Crippen LogP contribution in [0.4, 0.5) is 11.5 Å². The molecule has 2 aromatic heterocycles. The first-order chi connectivity index (χ1) is 13.3.